The fraction of sp³-hybridized carbons (Fsp3) is 0.184. The van der Waals surface area contributed by atoms with Crippen LogP contribution in [0.4, 0.5) is 40.1 Å². The molecule has 12 aromatic rings. The summed E-state index contributed by atoms with van der Waals surface area (Å²) >= 11 is 27.2. The van der Waals surface area contributed by atoms with Crippen molar-refractivity contribution in [3.63, 3.8) is 0 Å². The lowest BCUT2D eigenvalue weighted by molar-refractivity contribution is -0.114. The van der Waals surface area contributed by atoms with E-state index in [1.165, 1.54) is 43.3 Å². The minimum atomic E-state index is -3.51. The van der Waals surface area contributed by atoms with Crippen LogP contribution in [-0.4, -0.2) is 140 Å². The van der Waals surface area contributed by atoms with Gasteiger partial charge < -0.3 is 47.0 Å². The summed E-state index contributed by atoms with van der Waals surface area (Å²) in [6.45, 7) is 16.0. The lowest BCUT2D eigenvalue weighted by Gasteiger charge is -2.37. The third-order valence-electron chi connectivity index (χ3n) is 18.5. The van der Waals surface area contributed by atoms with E-state index in [0.29, 0.717) is 115 Å². The van der Waals surface area contributed by atoms with E-state index < -0.39 is 31.5 Å². The number of halogens is 5. The molecular formula is C87H82Cl4IN15O9S2. The van der Waals surface area contributed by atoms with Crippen molar-refractivity contribution in [3.8, 4) is 45.0 Å². The summed E-state index contributed by atoms with van der Waals surface area (Å²) in [6.07, 6.45) is 8.92. The highest BCUT2D eigenvalue weighted by molar-refractivity contribution is 14.1. The van der Waals surface area contributed by atoms with Gasteiger partial charge in [0.05, 0.1) is 92.0 Å². The number of nitrogens with one attached hydrogen (secondary N) is 7. The first-order chi connectivity index (χ1) is 56.3. The fourth-order valence-corrected chi connectivity index (χ4v) is 15.9. The average Bonchev–Trinajstić information content (AvgIpc) is 0.824. The number of carbonyl (C=O) groups excluding carboxylic acids is 5. The van der Waals surface area contributed by atoms with Crippen molar-refractivity contribution >= 4 is 158 Å². The smallest absolute Gasteiger partial charge is 0.257 e. The molecule has 118 heavy (non-hydrogen) atoms. The van der Waals surface area contributed by atoms with E-state index in [2.05, 4.69) is 92.7 Å². The van der Waals surface area contributed by atoms with Gasteiger partial charge in [0.1, 0.15) is 11.6 Å². The third-order valence-corrected chi connectivity index (χ3v) is 22.9. The van der Waals surface area contributed by atoms with Gasteiger partial charge in [-0.2, -0.15) is 0 Å². The molecule has 8 heterocycles. The molecule has 7 N–H and O–H groups in total. The summed E-state index contributed by atoms with van der Waals surface area (Å²) in [5.74, 6) is 0.113. The van der Waals surface area contributed by atoms with Crippen LogP contribution in [0, 0.1) is 17.4 Å². The van der Waals surface area contributed by atoms with Crippen LogP contribution < -0.4 is 47.0 Å². The molecule has 2 fully saturated rings. The molecule has 24 nitrogen and oxygen atoms in total. The largest absolute Gasteiger partial charge is 0.354 e. The van der Waals surface area contributed by atoms with Crippen LogP contribution in [-0.2, 0) is 24.5 Å². The van der Waals surface area contributed by atoms with Gasteiger partial charge in [-0.25, -0.2) is 26.8 Å². The van der Waals surface area contributed by atoms with E-state index in [9.17, 15) is 40.8 Å². The number of sulfone groups is 2. The normalized spacial score (nSPS) is 14.4. The molecule has 0 radical (unpaired) electrons. The molecule has 606 valence electrons. The summed E-state index contributed by atoms with van der Waals surface area (Å²) in [7, 11) is -6.83. The number of amides is 5. The second-order valence-corrected chi connectivity index (χ2v) is 34.6. The number of anilines is 7. The minimum absolute atomic E-state index is 0.00766. The number of nitrogens with zero attached hydrogens (tertiary/aromatic N) is 8. The number of carbonyl (C=O) groups is 5. The zero-order chi connectivity index (χ0) is 84.5. The Labute approximate surface area is 718 Å². The molecule has 0 saturated carbocycles. The fourth-order valence-electron chi connectivity index (χ4n) is 12.8. The lowest BCUT2D eigenvalue weighted by Crippen LogP contribution is -2.54. The monoisotopic (exact) mass is 1810 g/mol. The summed E-state index contributed by atoms with van der Waals surface area (Å²) in [4.78, 5) is 94.1. The predicted molar refractivity (Wildman–Crippen MR) is 479 cm³/mol. The van der Waals surface area contributed by atoms with E-state index in [1.54, 1.807) is 97.6 Å². The van der Waals surface area contributed by atoms with Crippen molar-refractivity contribution in [3.05, 3.63) is 288 Å². The first-order valence-corrected chi connectivity index (χ1v) is 43.3. The first kappa shape index (κ1) is 87.7. The summed E-state index contributed by atoms with van der Waals surface area (Å²) in [6, 6.07) is 60.1. The third kappa shape index (κ3) is 23.6. The molecule has 2 aliphatic heterocycles. The number of rotatable bonds is 17. The van der Waals surface area contributed by atoms with Crippen LogP contribution in [0.15, 0.2) is 241 Å². The molecule has 14 rings (SSSR count). The number of aromatic nitrogens is 6. The van der Waals surface area contributed by atoms with Crippen LogP contribution in [0.3, 0.4) is 0 Å². The minimum Gasteiger partial charge on any atom is -0.354 e. The molecule has 0 spiro atoms. The Morgan fingerprint density at radius 1 is 0.415 bits per heavy atom. The Bertz CT molecular complexity index is 5930. The van der Waals surface area contributed by atoms with Crippen molar-refractivity contribution in [2.75, 3.05) is 81.6 Å². The number of hydrogen-bond donors (Lipinski definition) is 7. The SMILES string of the molecule is CC(=O)Nc1cc(S(C)(=O)=O)ccc1C(=O)Nc1ccc(Cl)c(-c2ccccn2)c1.CS(=O)(=O)c1ccc(C(=O)Nc2ccc(Cl)c(-c3ccccn3)c2)c(I)c1.Cc1nc(N2CCN[C@@H](C)C2)ccc1C(=O)Nc1ccc(Cl)c(-c2ccccn2)c1.Cc1nc(N2C[C@@H](C)N[C@@H](C)C2)ccc1C(=O)Nc1ccc(Cl)c(-c2ccccn2)c1. The summed E-state index contributed by atoms with van der Waals surface area (Å²) in [5, 5.41) is 23.1. The molecule has 0 bridgehead atoms. The van der Waals surface area contributed by atoms with Gasteiger partial charge in [-0.15, -0.1) is 0 Å². The maximum absolute atomic E-state index is 12.9. The molecule has 0 unspecified atom stereocenters. The van der Waals surface area contributed by atoms with Crippen LogP contribution in [0.2, 0.25) is 20.1 Å². The summed E-state index contributed by atoms with van der Waals surface area (Å²) < 4.78 is 47.5. The van der Waals surface area contributed by atoms with Gasteiger partial charge in [-0.3, -0.25) is 43.9 Å². The lowest BCUT2D eigenvalue weighted by atomic mass is 10.1. The standard InChI is InChI=1S/C24H26ClN5O.C23H24ClN5O.C21H18ClN3O4S.C19H14ClIN2O3S/c1-15-13-30(14-16(2)27-15)23-10-8-19(17(3)28-23)24(31)29-18-7-9-21(25)20(12-18)22-6-4-5-11-26-22;1-15-14-29(12-11-25-15)22-9-7-18(16(2)27-22)23(30)28-17-6-8-20(24)19(13-17)21-5-3-4-10-26-21;1-13(26)24-20-12-15(30(2,28)29)7-8-16(20)21(27)25-14-6-9-18(22)17(11-14)19-5-3-4-10-23-19;1-27(25,26)13-6-7-14(17(21)11-13)19(24)23-12-5-8-16(20)15(10-12)18-4-2-3-9-22-18/h4-12,15-16,27H,13-14H2,1-3H3,(H,29,31);3-10,13,15,25H,11-12,14H2,1-2H3,(H,28,30);3-12H,1-2H3,(H,24,26)(H,25,27);2-11H,1H3,(H,23,24)/t15-,16+;15-;;/m.0../s1. The maximum atomic E-state index is 12.9. The van der Waals surface area contributed by atoms with Crippen molar-refractivity contribution in [2.24, 2.45) is 0 Å². The van der Waals surface area contributed by atoms with Gasteiger partial charge in [-0.1, -0.05) is 70.7 Å². The van der Waals surface area contributed by atoms with Crippen molar-refractivity contribution in [1.82, 2.24) is 40.5 Å². The Kier molecular flexibility index (Phi) is 29.6. The van der Waals surface area contributed by atoms with Gasteiger partial charge in [-0.05, 0) is 239 Å². The quantitative estimate of drug-likeness (QED) is 0.0417. The van der Waals surface area contributed by atoms with E-state index in [1.807, 2.05) is 134 Å². The second kappa shape index (κ2) is 39.9. The predicted octanol–water partition coefficient (Wildman–Crippen LogP) is 17.4. The zero-order valence-electron chi connectivity index (χ0n) is 65.2. The Morgan fingerprint density at radius 2 is 0.754 bits per heavy atom. The van der Waals surface area contributed by atoms with Gasteiger partial charge in [0.2, 0.25) is 5.91 Å². The zero-order valence-corrected chi connectivity index (χ0v) is 72.0. The van der Waals surface area contributed by atoms with Crippen molar-refractivity contribution in [1.29, 1.82) is 0 Å². The molecule has 3 atom stereocenters. The van der Waals surface area contributed by atoms with Crippen LogP contribution >= 0.6 is 69.0 Å². The van der Waals surface area contributed by atoms with E-state index in [4.69, 9.17) is 51.4 Å². The molecule has 5 amide bonds. The molecule has 31 heteroatoms. The number of benzene rings is 6. The van der Waals surface area contributed by atoms with Crippen LogP contribution in [0.25, 0.3) is 45.0 Å². The molecular weight excluding hydrogens is 1730 g/mol. The number of pyridine rings is 6. The van der Waals surface area contributed by atoms with Gasteiger partial charge in [0, 0.05) is 144 Å². The highest BCUT2D eigenvalue weighted by Gasteiger charge is 2.26. The molecule has 0 aliphatic carbocycles. The second-order valence-electron chi connectivity index (χ2n) is 27.8. The Balaban J connectivity index is 0.000000154. The number of hydrogen-bond acceptors (Lipinski definition) is 19. The molecule has 2 saturated heterocycles. The average molecular weight is 1810 g/mol. The van der Waals surface area contributed by atoms with Gasteiger partial charge >= 0.3 is 0 Å². The first-order valence-electron chi connectivity index (χ1n) is 37.0. The van der Waals surface area contributed by atoms with E-state index in [0.717, 1.165) is 79.4 Å². The number of piperazine rings is 2. The van der Waals surface area contributed by atoms with Crippen LogP contribution in [0.1, 0.15) is 80.5 Å². The topological polar surface area (TPSA) is 322 Å². The van der Waals surface area contributed by atoms with Gasteiger partial charge in [0.25, 0.3) is 23.6 Å². The maximum Gasteiger partial charge on any atom is 0.257 e. The Morgan fingerprint density at radius 3 is 1.09 bits per heavy atom. The molecule has 6 aromatic carbocycles. The highest BCUT2D eigenvalue weighted by Crippen LogP contribution is 2.35. The Hall–Kier alpha value is -11.1. The summed E-state index contributed by atoms with van der Waals surface area (Å²) in [5.41, 5.74) is 11.2. The van der Waals surface area contributed by atoms with Crippen molar-refractivity contribution < 1.29 is 40.8 Å². The highest BCUT2D eigenvalue weighted by atomic mass is 127. The van der Waals surface area contributed by atoms with E-state index >= 15 is 0 Å². The molecule has 6 aromatic heterocycles. The van der Waals surface area contributed by atoms with Gasteiger partial charge in [0.15, 0.2) is 19.7 Å². The van der Waals surface area contributed by atoms with Crippen LogP contribution in [0.5, 0.6) is 0 Å². The number of aryl methyl sites for hydroxylation is 2. The van der Waals surface area contributed by atoms with E-state index in [-0.39, 0.29) is 38.8 Å². The van der Waals surface area contributed by atoms with Crippen molar-refractivity contribution in [2.45, 2.75) is 69.5 Å². The molecule has 2 aliphatic rings.